The zero-order valence-electron chi connectivity index (χ0n) is 16.6. The number of ether oxygens (including phenoxy) is 1. The number of nitrogens with zero attached hydrogens (tertiary/aromatic N) is 2. The summed E-state index contributed by atoms with van der Waals surface area (Å²) < 4.78 is 33.1. The molecule has 2 aromatic rings. The van der Waals surface area contributed by atoms with Crippen molar-refractivity contribution in [1.29, 1.82) is 0 Å². The summed E-state index contributed by atoms with van der Waals surface area (Å²) in [6.45, 7) is 3.62. The summed E-state index contributed by atoms with van der Waals surface area (Å²) >= 11 is 6.17. The van der Waals surface area contributed by atoms with Crippen molar-refractivity contribution in [3.8, 4) is 0 Å². The van der Waals surface area contributed by atoms with Crippen molar-refractivity contribution in [2.24, 2.45) is 5.41 Å². The molecule has 0 radical (unpaired) electrons. The Bertz CT molecular complexity index is 944. The lowest BCUT2D eigenvalue weighted by atomic mass is 9.63. The monoisotopic (exact) mass is 434 g/mol. The van der Waals surface area contributed by atoms with Gasteiger partial charge in [0, 0.05) is 44.7 Å². The maximum Gasteiger partial charge on any atom is 0.244 e. The SMILES string of the molecule is COCCN1CC2(CCN(S(=O)(=O)c3ccccc3Cl)CC2)C1c1ccccc1. The van der Waals surface area contributed by atoms with E-state index in [2.05, 4.69) is 29.2 Å². The highest BCUT2D eigenvalue weighted by molar-refractivity contribution is 7.89. The Balaban J connectivity index is 1.52. The van der Waals surface area contributed by atoms with Gasteiger partial charge in [-0.25, -0.2) is 8.42 Å². The van der Waals surface area contributed by atoms with Crippen LogP contribution in [0.2, 0.25) is 5.02 Å². The number of halogens is 1. The molecule has 0 saturated carbocycles. The molecule has 0 aliphatic carbocycles. The van der Waals surface area contributed by atoms with Crippen molar-refractivity contribution in [3.05, 3.63) is 65.2 Å². The summed E-state index contributed by atoms with van der Waals surface area (Å²) in [6, 6.07) is 17.5. The first-order valence-corrected chi connectivity index (χ1v) is 11.8. The second-order valence-corrected chi connectivity index (χ2v) is 10.3. The highest BCUT2D eigenvalue weighted by Gasteiger charge is 2.54. The molecule has 7 heteroatoms. The van der Waals surface area contributed by atoms with E-state index in [1.165, 1.54) is 5.56 Å². The van der Waals surface area contributed by atoms with E-state index < -0.39 is 10.0 Å². The molecule has 2 saturated heterocycles. The Hall–Kier alpha value is -1.44. The van der Waals surface area contributed by atoms with Crippen LogP contribution in [0.15, 0.2) is 59.5 Å². The van der Waals surface area contributed by atoms with Crippen molar-refractivity contribution >= 4 is 21.6 Å². The molecule has 2 fully saturated rings. The van der Waals surface area contributed by atoms with Crippen LogP contribution >= 0.6 is 11.6 Å². The standard InChI is InChI=1S/C22H27ClN2O3S/c1-28-16-15-24-17-22(21(24)18-7-3-2-4-8-18)11-13-25(14-12-22)29(26,27)20-10-6-5-9-19(20)23/h2-10,21H,11-17H2,1H3. The van der Waals surface area contributed by atoms with Crippen LogP contribution in [0.4, 0.5) is 0 Å². The summed E-state index contributed by atoms with van der Waals surface area (Å²) in [5.74, 6) is 0. The van der Waals surface area contributed by atoms with E-state index >= 15 is 0 Å². The van der Waals surface area contributed by atoms with Gasteiger partial charge < -0.3 is 4.74 Å². The predicted molar refractivity (Wildman–Crippen MR) is 115 cm³/mol. The molecule has 29 heavy (non-hydrogen) atoms. The molecule has 5 nitrogen and oxygen atoms in total. The molecule has 2 aromatic carbocycles. The average Bonchev–Trinajstić information content (AvgIpc) is 2.72. The molecule has 0 amide bonds. The third-order valence-electron chi connectivity index (χ3n) is 6.33. The van der Waals surface area contributed by atoms with Crippen LogP contribution in [0.25, 0.3) is 0 Å². The first-order chi connectivity index (χ1) is 14.0. The summed E-state index contributed by atoms with van der Waals surface area (Å²) in [6.07, 6.45) is 1.69. The van der Waals surface area contributed by atoms with Gasteiger partial charge in [0.2, 0.25) is 10.0 Å². The Morgan fingerprint density at radius 2 is 1.72 bits per heavy atom. The van der Waals surface area contributed by atoms with Crippen molar-refractivity contribution in [2.75, 3.05) is 39.9 Å². The van der Waals surface area contributed by atoms with E-state index in [4.69, 9.17) is 16.3 Å². The number of hydrogen-bond donors (Lipinski definition) is 0. The van der Waals surface area contributed by atoms with Crippen LogP contribution in [0, 0.1) is 5.41 Å². The Morgan fingerprint density at radius 3 is 2.38 bits per heavy atom. The van der Waals surface area contributed by atoms with Crippen LogP contribution in [0.1, 0.15) is 24.4 Å². The summed E-state index contributed by atoms with van der Waals surface area (Å²) in [4.78, 5) is 2.66. The second-order valence-electron chi connectivity index (χ2n) is 7.97. The predicted octanol–water partition coefficient (Wildman–Crippen LogP) is 3.81. The van der Waals surface area contributed by atoms with E-state index in [0.29, 0.717) is 25.7 Å². The van der Waals surface area contributed by atoms with E-state index in [1.54, 1.807) is 35.7 Å². The molecule has 0 N–H and O–H groups in total. The number of piperidine rings is 1. The first-order valence-electron chi connectivity index (χ1n) is 10.0. The van der Waals surface area contributed by atoms with Gasteiger partial charge in [0.05, 0.1) is 11.6 Å². The molecule has 156 valence electrons. The van der Waals surface area contributed by atoms with Crippen LogP contribution < -0.4 is 0 Å². The van der Waals surface area contributed by atoms with Gasteiger partial charge in [0.15, 0.2) is 0 Å². The third kappa shape index (κ3) is 3.84. The topological polar surface area (TPSA) is 49.9 Å². The fourth-order valence-corrected chi connectivity index (χ4v) is 6.80. The van der Waals surface area contributed by atoms with E-state index in [-0.39, 0.29) is 15.3 Å². The number of benzene rings is 2. The highest BCUT2D eigenvalue weighted by atomic mass is 35.5. The summed E-state index contributed by atoms with van der Waals surface area (Å²) in [7, 11) is -1.84. The molecule has 4 rings (SSSR count). The average molecular weight is 435 g/mol. The van der Waals surface area contributed by atoms with E-state index in [0.717, 1.165) is 25.9 Å². The second kappa shape index (κ2) is 8.36. The van der Waals surface area contributed by atoms with Gasteiger partial charge in [-0.05, 0) is 30.5 Å². The number of likely N-dealkylation sites (tertiary alicyclic amines) is 1. The number of hydrogen-bond acceptors (Lipinski definition) is 4. The van der Waals surface area contributed by atoms with Gasteiger partial charge in [0.1, 0.15) is 4.90 Å². The maximum atomic E-state index is 13.1. The number of sulfonamides is 1. The minimum absolute atomic E-state index is 0.113. The maximum absolute atomic E-state index is 13.1. The highest BCUT2D eigenvalue weighted by Crippen LogP contribution is 2.55. The normalized spacial score (nSPS) is 22.5. The van der Waals surface area contributed by atoms with Crippen molar-refractivity contribution < 1.29 is 13.2 Å². The molecular weight excluding hydrogens is 408 g/mol. The molecule has 0 bridgehead atoms. The third-order valence-corrected chi connectivity index (χ3v) is 8.73. The van der Waals surface area contributed by atoms with Crippen LogP contribution in [-0.4, -0.2) is 57.5 Å². The molecule has 2 aliphatic heterocycles. The summed E-state index contributed by atoms with van der Waals surface area (Å²) in [5, 5.41) is 0.282. The summed E-state index contributed by atoms with van der Waals surface area (Å²) in [5.41, 5.74) is 1.42. The van der Waals surface area contributed by atoms with Crippen LogP contribution in [0.3, 0.4) is 0 Å². The van der Waals surface area contributed by atoms with Crippen molar-refractivity contribution in [2.45, 2.75) is 23.8 Å². The smallest absolute Gasteiger partial charge is 0.244 e. The fourth-order valence-electron chi connectivity index (χ4n) is 4.87. The minimum atomic E-state index is -3.57. The van der Waals surface area contributed by atoms with Gasteiger partial charge in [-0.3, -0.25) is 4.90 Å². The largest absolute Gasteiger partial charge is 0.383 e. The molecular formula is C22H27ClN2O3S. The fraction of sp³-hybridized carbons (Fsp3) is 0.455. The molecule has 2 aliphatic rings. The zero-order chi connectivity index (χ0) is 20.5. The lowest BCUT2D eigenvalue weighted by Gasteiger charge is -2.60. The molecule has 1 spiro atoms. The van der Waals surface area contributed by atoms with Crippen LogP contribution in [0.5, 0.6) is 0 Å². The Labute approximate surface area is 178 Å². The van der Waals surface area contributed by atoms with Crippen molar-refractivity contribution in [3.63, 3.8) is 0 Å². The minimum Gasteiger partial charge on any atom is -0.383 e. The van der Waals surface area contributed by atoms with Gasteiger partial charge in [-0.1, -0.05) is 54.1 Å². The van der Waals surface area contributed by atoms with Gasteiger partial charge in [-0.15, -0.1) is 0 Å². The Kier molecular flexibility index (Phi) is 6.00. The van der Waals surface area contributed by atoms with E-state index in [9.17, 15) is 8.42 Å². The van der Waals surface area contributed by atoms with Gasteiger partial charge in [0.25, 0.3) is 0 Å². The number of methoxy groups -OCH3 is 1. The van der Waals surface area contributed by atoms with Gasteiger partial charge in [-0.2, -0.15) is 4.31 Å². The van der Waals surface area contributed by atoms with Crippen LogP contribution in [-0.2, 0) is 14.8 Å². The first kappa shape index (κ1) is 20.8. The zero-order valence-corrected chi connectivity index (χ0v) is 18.2. The number of rotatable bonds is 6. The van der Waals surface area contributed by atoms with E-state index in [1.807, 2.05) is 6.07 Å². The van der Waals surface area contributed by atoms with Gasteiger partial charge >= 0.3 is 0 Å². The Morgan fingerprint density at radius 1 is 1.07 bits per heavy atom. The molecule has 2 heterocycles. The lowest BCUT2D eigenvalue weighted by Crippen LogP contribution is -2.62. The molecule has 1 unspecified atom stereocenters. The quantitative estimate of drug-likeness (QED) is 0.693. The molecule has 1 atom stereocenters. The lowest BCUT2D eigenvalue weighted by molar-refractivity contribution is -0.110. The molecule has 0 aromatic heterocycles. The van der Waals surface area contributed by atoms with Crippen molar-refractivity contribution in [1.82, 2.24) is 9.21 Å².